The molecular weight excluding hydrogens is 769 g/mol. The normalized spacial score (nSPS) is 35.2. The van der Waals surface area contributed by atoms with Crippen molar-refractivity contribution in [1.82, 2.24) is 0 Å². The molecule has 0 aromatic carbocycles. The molecule has 64 heavy (non-hydrogen) atoms. The molecule has 0 nitrogen and oxygen atoms in total. The molecule has 6 aliphatic rings. The SMILES string of the molecule is CCCCCCCC1CCC(C2CCCC(CCCC(CCCC(CCCC)C3CCCC(C4CCC(CCCC)CC4)C3)C3CCCC(C4CCC(CCCCC)CC4)C3)C2)CC1. The lowest BCUT2D eigenvalue weighted by Crippen LogP contribution is -2.30. The molecule has 0 radical (unpaired) electrons. The van der Waals surface area contributed by atoms with Crippen LogP contribution in [0.5, 0.6) is 0 Å². The first-order valence-corrected chi connectivity index (χ1v) is 31.6. The van der Waals surface area contributed by atoms with Crippen molar-refractivity contribution in [1.29, 1.82) is 0 Å². The first-order chi connectivity index (χ1) is 31.6. The van der Waals surface area contributed by atoms with E-state index in [1.54, 1.807) is 212 Å². The maximum Gasteiger partial charge on any atom is -0.0383 e. The largest absolute Gasteiger partial charge is 0.0654 e. The van der Waals surface area contributed by atoms with Crippen LogP contribution in [0.2, 0.25) is 0 Å². The lowest BCUT2D eigenvalue weighted by Gasteiger charge is -2.42. The van der Waals surface area contributed by atoms with Crippen molar-refractivity contribution in [3.8, 4) is 0 Å². The van der Waals surface area contributed by atoms with Gasteiger partial charge in [-0.3, -0.25) is 0 Å². The van der Waals surface area contributed by atoms with Gasteiger partial charge in [0.15, 0.2) is 0 Å². The number of unbranched alkanes of at least 4 members (excludes halogenated alkanes) is 8. The Bertz CT molecular complexity index is 1110. The Balaban J connectivity index is 1.00. The molecule has 0 aliphatic heterocycles. The fourth-order valence-corrected chi connectivity index (χ4v) is 17.3. The molecule has 0 bridgehead atoms. The van der Waals surface area contributed by atoms with Crippen LogP contribution >= 0.6 is 0 Å². The van der Waals surface area contributed by atoms with Gasteiger partial charge in [-0.2, -0.15) is 0 Å². The first kappa shape index (κ1) is 53.4. The Hall–Kier alpha value is 0. The fourth-order valence-electron chi connectivity index (χ4n) is 17.3. The molecule has 0 spiro atoms. The summed E-state index contributed by atoms with van der Waals surface area (Å²) in [7, 11) is 0. The van der Waals surface area contributed by atoms with Crippen LogP contribution in [-0.4, -0.2) is 0 Å². The minimum Gasteiger partial charge on any atom is -0.0654 e. The zero-order chi connectivity index (χ0) is 44.6. The fraction of sp³-hybridized carbons (Fsp3) is 1.00. The van der Waals surface area contributed by atoms with Gasteiger partial charge in [0.05, 0.1) is 0 Å². The smallest absolute Gasteiger partial charge is 0.0383 e. The summed E-state index contributed by atoms with van der Waals surface area (Å²) in [6, 6.07) is 0. The Kier molecular flexibility index (Phi) is 26.1. The van der Waals surface area contributed by atoms with Gasteiger partial charge in [0.2, 0.25) is 0 Å². The third-order valence-electron chi connectivity index (χ3n) is 21.5. The van der Waals surface area contributed by atoms with Crippen LogP contribution in [0.25, 0.3) is 0 Å². The topological polar surface area (TPSA) is 0 Å². The molecule has 0 amide bonds. The second-order valence-electron chi connectivity index (χ2n) is 25.9. The third-order valence-corrected chi connectivity index (χ3v) is 21.5. The van der Waals surface area contributed by atoms with Crippen molar-refractivity contribution in [2.24, 2.45) is 82.9 Å². The van der Waals surface area contributed by atoms with Gasteiger partial charge in [0, 0.05) is 0 Å². The van der Waals surface area contributed by atoms with Crippen LogP contribution in [0.15, 0.2) is 0 Å². The van der Waals surface area contributed by atoms with Crippen LogP contribution in [-0.2, 0) is 0 Å². The highest BCUT2D eigenvalue weighted by Gasteiger charge is 2.37. The minimum atomic E-state index is 1.04. The molecule has 8 unspecified atom stereocenters. The molecule has 6 rings (SSSR count). The molecule has 0 aromatic rings. The average molecular weight is 888 g/mol. The summed E-state index contributed by atoms with van der Waals surface area (Å²) in [5, 5.41) is 0. The highest BCUT2D eigenvalue weighted by atomic mass is 14.4. The van der Waals surface area contributed by atoms with Gasteiger partial charge in [-0.25, -0.2) is 0 Å². The van der Waals surface area contributed by atoms with Crippen molar-refractivity contribution < 1.29 is 0 Å². The van der Waals surface area contributed by atoms with Crippen LogP contribution in [0.4, 0.5) is 0 Å². The second-order valence-corrected chi connectivity index (χ2v) is 25.9. The molecular formula is C64H118. The Morgan fingerprint density at radius 1 is 0.266 bits per heavy atom. The quantitative estimate of drug-likeness (QED) is 0.0657. The monoisotopic (exact) mass is 887 g/mol. The third kappa shape index (κ3) is 18.4. The van der Waals surface area contributed by atoms with E-state index in [-0.39, 0.29) is 0 Å². The van der Waals surface area contributed by atoms with Crippen molar-refractivity contribution >= 4 is 0 Å². The van der Waals surface area contributed by atoms with E-state index in [0.29, 0.717) is 0 Å². The lowest BCUT2D eigenvalue weighted by atomic mass is 9.64. The molecule has 374 valence electrons. The maximum absolute atomic E-state index is 2.47. The summed E-state index contributed by atoms with van der Waals surface area (Å²) in [6.07, 6.45) is 71.1. The summed E-state index contributed by atoms with van der Waals surface area (Å²) >= 11 is 0. The molecule has 0 heteroatoms. The molecule has 0 saturated heterocycles. The van der Waals surface area contributed by atoms with Gasteiger partial charge >= 0.3 is 0 Å². The number of hydrogen-bond acceptors (Lipinski definition) is 0. The van der Waals surface area contributed by atoms with E-state index in [9.17, 15) is 0 Å². The van der Waals surface area contributed by atoms with Crippen molar-refractivity contribution in [2.45, 2.75) is 323 Å². The predicted octanol–water partition coefficient (Wildman–Crippen LogP) is 21.7. The van der Waals surface area contributed by atoms with Crippen LogP contribution in [0.3, 0.4) is 0 Å². The maximum atomic E-state index is 2.47. The molecule has 0 heterocycles. The standard InChI is InChI=1S/C64H118/c1-5-9-13-14-16-24-53-38-42-57(43-39-53)60-31-18-26-54(48-60)25-17-28-56(62-33-21-35-64(50-62)59-46-40-52(41-47-59)23-15-10-6-2)30-19-29-55(27-12-8-4)61-32-20-34-63(49-61)58-44-36-51(37-45-58)22-11-7-3/h51-64H,5-50H2,1-4H3. The van der Waals surface area contributed by atoms with E-state index in [2.05, 4.69) is 27.7 Å². The van der Waals surface area contributed by atoms with E-state index in [1.165, 1.54) is 83.5 Å². The van der Waals surface area contributed by atoms with Crippen LogP contribution in [0, 0.1) is 82.9 Å². The zero-order valence-electron chi connectivity index (χ0n) is 44.6. The van der Waals surface area contributed by atoms with Gasteiger partial charge in [0.25, 0.3) is 0 Å². The van der Waals surface area contributed by atoms with E-state index in [0.717, 1.165) is 82.9 Å². The van der Waals surface area contributed by atoms with Gasteiger partial charge in [0.1, 0.15) is 0 Å². The van der Waals surface area contributed by atoms with Crippen LogP contribution in [0.1, 0.15) is 323 Å². The molecule has 6 fully saturated rings. The average Bonchev–Trinajstić information content (AvgIpc) is 3.34. The van der Waals surface area contributed by atoms with Gasteiger partial charge in [-0.05, 0) is 141 Å². The molecule has 6 aliphatic carbocycles. The minimum absolute atomic E-state index is 1.04. The summed E-state index contributed by atoms with van der Waals surface area (Å²) in [5.41, 5.74) is 0. The Morgan fingerprint density at radius 2 is 0.641 bits per heavy atom. The molecule has 0 N–H and O–H groups in total. The highest BCUT2D eigenvalue weighted by Crippen LogP contribution is 2.49. The Morgan fingerprint density at radius 3 is 1.14 bits per heavy atom. The first-order valence-electron chi connectivity index (χ1n) is 31.6. The molecule has 0 aromatic heterocycles. The van der Waals surface area contributed by atoms with Crippen LogP contribution < -0.4 is 0 Å². The summed E-state index contributed by atoms with van der Waals surface area (Å²) in [4.78, 5) is 0. The van der Waals surface area contributed by atoms with E-state index in [4.69, 9.17) is 0 Å². The van der Waals surface area contributed by atoms with E-state index < -0.39 is 0 Å². The number of rotatable bonds is 29. The summed E-state index contributed by atoms with van der Waals surface area (Å²) < 4.78 is 0. The van der Waals surface area contributed by atoms with Crippen molar-refractivity contribution in [2.75, 3.05) is 0 Å². The van der Waals surface area contributed by atoms with Gasteiger partial charge in [-0.1, -0.05) is 265 Å². The van der Waals surface area contributed by atoms with Gasteiger partial charge < -0.3 is 0 Å². The second kappa shape index (κ2) is 31.3. The lowest BCUT2D eigenvalue weighted by molar-refractivity contribution is 0.0947. The van der Waals surface area contributed by atoms with E-state index >= 15 is 0 Å². The molecule has 6 saturated carbocycles. The summed E-state index contributed by atoms with van der Waals surface area (Å²) in [6.45, 7) is 9.61. The summed E-state index contributed by atoms with van der Waals surface area (Å²) in [5.74, 6) is 15.0. The van der Waals surface area contributed by atoms with Gasteiger partial charge in [-0.15, -0.1) is 0 Å². The predicted molar refractivity (Wildman–Crippen MR) is 284 cm³/mol. The highest BCUT2D eigenvalue weighted by molar-refractivity contribution is 4.89. The van der Waals surface area contributed by atoms with E-state index in [1.807, 2.05) is 0 Å². The van der Waals surface area contributed by atoms with Crippen molar-refractivity contribution in [3.63, 3.8) is 0 Å². The number of hydrogen-bond donors (Lipinski definition) is 0. The molecule has 8 atom stereocenters. The van der Waals surface area contributed by atoms with Crippen molar-refractivity contribution in [3.05, 3.63) is 0 Å². The zero-order valence-corrected chi connectivity index (χ0v) is 44.6. The Labute approximate surface area is 404 Å².